The van der Waals surface area contributed by atoms with Crippen LogP contribution in [-0.4, -0.2) is 34.6 Å². The first-order chi connectivity index (χ1) is 19.0. The van der Waals surface area contributed by atoms with Crippen molar-refractivity contribution < 1.29 is 38.7 Å². The largest absolute Gasteiger partial charge is 0.506 e. The quantitative estimate of drug-likeness (QED) is 0.215. The summed E-state index contributed by atoms with van der Waals surface area (Å²) < 4.78 is 22.4. The van der Waals surface area contributed by atoms with Crippen LogP contribution in [0.15, 0.2) is 54.8 Å². The van der Waals surface area contributed by atoms with Crippen LogP contribution in [0.25, 0.3) is 54.6 Å². The number of benzene rings is 4. The lowest BCUT2D eigenvalue weighted by Gasteiger charge is -2.20. The fourth-order valence-corrected chi connectivity index (χ4v) is 5.33. The Morgan fingerprint density at radius 1 is 0.550 bits per heavy atom. The topological polar surface area (TPSA) is 160 Å². The Kier molecular flexibility index (Phi) is 5.34. The van der Waals surface area contributed by atoms with Gasteiger partial charge in [0, 0.05) is 12.1 Å². The second-order valence-electron chi connectivity index (χ2n) is 9.44. The molecule has 2 aromatic heterocycles. The van der Waals surface area contributed by atoms with Gasteiger partial charge in [-0.2, -0.15) is 0 Å². The van der Waals surface area contributed by atoms with E-state index in [9.17, 15) is 30.0 Å². The summed E-state index contributed by atoms with van der Waals surface area (Å²) in [6.45, 7) is 3.20. The van der Waals surface area contributed by atoms with Crippen molar-refractivity contribution in [2.75, 3.05) is 14.2 Å². The summed E-state index contributed by atoms with van der Waals surface area (Å²) in [5.41, 5.74) is -0.970. The highest BCUT2D eigenvalue weighted by Gasteiger charge is 2.28. The Balaban J connectivity index is 1.79. The number of methoxy groups -OCH3 is 2. The van der Waals surface area contributed by atoms with Crippen molar-refractivity contribution in [1.82, 2.24) is 0 Å². The molecule has 0 unspecified atom stereocenters. The molecule has 10 nitrogen and oxygen atoms in total. The van der Waals surface area contributed by atoms with Crippen molar-refractivity contribution in [3.05, 3.63) is 68.4 Å². The van der Waals surface area contributed by atoms with Gasteiger partial charge in [-0.3, -0.25) is 9.59 Å². The van der Waals surface area contributed by atoms with E-state index in [-0.39, 0.29) is 66.1 Å². The van der Waals surface area contributed by atoms with Gasteiger partial charge in [0.2, 0.25) is 0 Å². The number of rotatable bonds is 3. The number of phenolic OH excluding ortho intramolecular Hbond substituents is 4. The van der Waals surface area contributed by atoms with Gasteiger partial charge >= 0.3 is 0 Å². The van der Waals surface area contributed by atoms with E-state index in [1.807, 2.05) is 0 Å². The van der Waals surface area contributed by atoms with Crippen LogP contribution < -0.4 is 20.3 Å². The summed E-state index contributed by atoms with van der Waals surface area (Å²) >= 11 is 0. The van der Waals surface area contributed by atoms with Crippen molar-refractivity contribution in [3.8, 4) is 45.6 Å². The van der Waals surface area contributed by atoms with Crippen LogP contribution in [0.3, 0.4) is 0 Å². The molecule has 40 heavy (non-hydrogen) atoms. The monoisotopic (exact) mass is 542 g/mol. The normalized spacial score (nSPS) is 11.6. The summed E-state index contributed by atoms with van der Waals surface area (Å²) in [4.78, 5) is 25.4. The summed E-state index contributed by atoms with van der Waals surface area (Å²) in [7, 11) is 2.69. The molecule has 4 aromatic carbocycles. The molecule has 0 amide bonds. The summed E-state index contributed by atoms with van der Waals surface area (Å²) in [6, 6.07) is 8.40. The highest BCUT2D eigenvalue weighted by molar-refractivity contribution is 6.13. The molecule has 10 heteroatoms. The van der Waals surface area contributed by atoms with E-state index < -0.39 is 33.9 Å². The van der Waals surface area contributed by atoms with Crippen molar-refractivity contribution in [1.29, 1.82) is 0 Å². The molecule has 4 N–H and O–H groups in total. The Morgan fingerprint density at radius 2 is 0.925 bits per heavy atom. The first-order valence-electron chi connectivity index (χ1n) is 12.1. The molecular weight excluding hydrogens is 520 g/mol. The molecule has 0 bridgehead atoms. The molecule has 0 spiro atoms. The first kappa shape index (κ1) is 24.9. The standard InChI is InChI=1S/C30H22O10/c1-11-5-15(31)23-19(39-11)9-13-7-17(37-3)25(29(35)21(13)27(23)33)26-18(38-4)8-14-10-20-24(16(32)6-12(2)40-20)28(34)22(14)30(26)36/h5-10,33-36H,1-4H3. The maximum atomic E-state index is 12.7. The van der Waals surface area contributed by atoms with Gasteiger partial charge in [0.15, 0.2) is 10.9 Å². The van der Waals surface area contributed by atoms with Gasteiger partial charge in [0.1, 0.15) is 68.0 Å². The highest BCUT2D eigenvalue weighted by Crippen LogP contribution is 2.55. The second kappa shape index (κ2) is 8.57. The maximum Gasteiger partial charge on any atom is 0.196 e. The molecule has 0 aliphatic rings. The van der Waals surface area contributed by atoms with Crippen molar-refractivity contribution in [2.24, 2.45) is 0 Å². The van der Waals surface area contributed by atoms with Crippen LogP contribution in [0.2, 0.25) is 0 Å². The first-order valence-corrected chi connectivity index (χ1v) is 12.1. The number of aryl methyl sites for hydroxylation is 2. The zero-order valence-corrected chi connectivity index (χ0v) is 21.7. The number of hydrogen-bond donors (Lipinski definition) is 4. The summed E-state index contributed by atoms with van der Waals surface area (Å²) in [5, 5.41) is 45.5. The zero-order chi connectivity index (χ0) is 28.6. The molecule has 0 saturated heterocycles. The molecule has 202 valence electrons. The minimum Gasteiger partial charge on any atom is -0.506 e. The number of fused-ring (bicyclic) bond motifs is 4. The van der Waals surface area contributed by atoms with E-state index in [0.29, 0.717) is 11.5 Å². The lowest BCUT2D eigenvalue weighted by Crippen LogP contribution is -2.02. The molecule has 0 aliphatic carbocycles. The third-order valence-corrected chi connectivity index (χ3v) is 7.00. The minimum absolute atomic E-state index is 0.0714. The van der Waals surface area contributed by atoms with E-state index in [2.05, 4.69) is 0 Å². The van der Waals surface area contributed by atoms with Gasteiger partial charge in [-0.05, 0) is 48.9 Å². The van der Waals surface area contributed by atoms with Gasteiger partial charge in [-0.15, -0.1) is 0 Å². The van der Waals surface area contributed by atoms with Gasteiger partial charge in [-0.1, -0.05) is 0 Å². The average molecular weight is 542 g/mol. The van der Waals surface area contributed by atoms with Crippen LogP contribution in [0.4, 0.5) is 0 Å². The molecule has 0 atom stereocenters. The lowest BCUT2D eigenvalue weighted by molar-refractivity contribution is 0.401. The van der Waals surface area contributed by atoms with Crippen LogP contribution >= 0.6 is 0 Å². The summed E-state index contributed by atoms with van der Waals surface area (Å²) in [5.74, 6) is -1.29. The van der Waals surface area contributed by atoms with Crippen molar-refractivity contribution >= 4 is 43.5 Å². The third-order valence-electron chi connectivity index (χ3n) is 7.00. The highest BCUT2D eigenvalue weighted by atomic mass is 16.5. The second-order valence-corrected chi connectivity index (χ2v) is 9.44. The van der Waals surface area contributed by atoms with Gasteiger partial charge in [-0.25, -0.2) is 0 Å². The van der Waals surface area contributed by atoms with Crippen molar-refractivity contribution in [2.45, 2.75) is 13.8 Å². The zero-order valence-electron chi connectivity index (χ0n) is 21.7. The molecular formula is C30H22O10. The predicted octanol–water partition coefficient (Wildman–Crippen LogP) is 5.33. The average Bonchev–Trinajstić information content (AvgIpc) is 2.87. The smallest absolute Gasteiger partial charge is 0.196 e. The predicted molar refractivity (Wildman–Crippen MR) is 148 cm³/mol. The molecule has 6 rings (SSSR count). The third kappa shape index (κ3) is 3.35. The van der Waals surface area contributed by atoms with Crippen LogP contribution in [-0.2, 0) is 0 Å². The SMILES string of the molecule is COc1cc2cc3oc(C)cc(=O)c3c(O)c2c(O)c1-c1c(OC)cc2cc3oc(C)cc(=O)c3c(O)c2c1O. The van der Waals surface area contributed by atoms with E-state index >= 15 is 0 Å². The van der Waals surface area contributed by atoms with Crippen molar-refractivity contribution in [3.63, 3.8) is 0 Å². The number of ether oxygens (including phenoxy) is 2. The lowest BCUT2D eigenvalue weighted by atomic mass is 9.92. The van der Waals surface area contributed by atoms with Crippen LogP contribution in [0, 0.1) is 13.8 Å². The van der Waals surface area contributed by atoms with Gasteiger partial charge < -0.3 is 38.7 Å². The Labute approximate surface area is 224 Å². The molecule has 0 saturated carbocycles. The Bertz CT molecular complexity index is 2030. The molecule has 0 aliphatic heterocycles. The fourth-order valence-electron chi connectivity index (χ4n) is 5.33. The van der Waals surface area contributed by atoms with Gasteiger partial charge in [0.25, 0.3) is 0 Å². The Hall–Kier alpha value is -5.38. The molecule has 0 radical (unpaired) electrons. The number of aromatic hydroxyl groups is 4. The van der Waals surface area contributed by atoms with Crippen LogP contribution in [0.1, 0.15) is 11.5 Å². The fraction of sp³-hybridized carbons (Fsp3) is 0.133. The van der Waals surface area contributed by atoms with E-state index in [1.54, 1.807) is 13.8 Å². The van der Waals surface area contributed by atoms with Gasteiger partial charge in [0.05, 0.1) is 36.1 Å². The maximum absolute atomic E-state index is 12.7. The van der Waals surface area contributed by atoms with E-state index in [1.165, 1.54) is 50.6 Å². The molecule has 2 heterocycles. The molecule has 0 fully saturated rings. The van der Waals surface area contributed by atoms with Crippen LogP contribution in [0.5, 0.6) is 34.5 Å². The number of hydrogen-bond acceptors (Lipinski definition) is 10. The summed E-state index contributed by atoms with van der Waals surface area (Å²) in [6.07, 6.45) is 0. The van der Waals surface area contributed by atoms with E-state index in [0.717, 1.165) is 0 Å². The Morgan fingerprint density at radius 3 is 1.27 bits per heavy atom. The molecule has 6 aromatic rings. The van der Waals surface area contributed by atoms with E-state index in [4.69, 9.17) is 18.3 Å². The minimum atomic E-state index is -0.530. The number of phenols is 4.